The van der Waals surface area contributed by atoms with Crippen LogP contribution in [0, 0.1) is 0 Å². The topological polar surface area (TPSA) is 32.5 Å². The fourth-order valence-corrected chi connectivity index (χ4v) is 2.66. The second-order valence-corrected chi connectivity index (χ2v) is 5.54. The van der Waals surface area contributed by atoms with Crippen LogP contribution in [0.4, 0.5) is 5.69 Å². The van der Waals surface area contributed by atoms with Gasteiger partial charge in [0, 0.05) is 32.2 Å². The Morgan fingerprint density at radius 3 is 2.83 bits per heavy atom. The molecule has 0 amide bonds. The molecule has 1 atom stereocenters. The average molecular weight is 268 g/mol. The van der Waals surface area contributed by atoms with Gasteiger partial charge in [-0.15, -0.1) is 0 Å². The van der Waals surface area contributed by atoms with Gasteiger partial charge in [-0.2, -0.15) is 0 Å². The molecule has 0 spiro atoms. The first-order chi connectivity index (χ1) is 8.60. The van der Waals surface area contributed by atoms with Crippen LogP contribution in [0.2, 0.25) is 5.02 Å². The highest BCUT2D eigenvalue weighted by atomic mass is 35.5. The van der Waals surface area contributed by atoms with E-state index in [2.05, 4.69) is 29.8 Å². The molecule has 4 heteroatoms. The van der Waals surface area contributed by atoms with Crippen LogP contribution in [0.1, 0.15) is 18.9 Å². The normalized spacial score (nSPS) is 22.3. The van der Waals surface area contributed by atoms with E-state index in [4.69, 9.17) is 17.3 Å². The molecule has 1 aliphatic rings. The van der Waals surface area contributed by atoms with Crippen molar-refractivity contribution in [2.75, 3.05) is 32.4 Å². The van der Waals surface area contributed by atoms with E-state index in [1.165, 1.54) is 12.0 Å². The summed E-state index contributed by atoms with van der Waals surface area (Å²) >= 11 is 5.94. The highest BCUT2D eigenvalue weighted by Gasteiger charge is 2.22. The molecule has 1 aromatic carbocycles. The highest BCUT2D eigenvalue weighted by Crippen LogP contribution is 2.21. The van der Waals surface area contributed by atoms with Gasteiger partial charge in [0.05, 0.1) is 10.7 Å². The lowest BCUT2D eigenvalue weighted by atomic mass is 10.1. The minimum atomic E-state index is 0.642. The third kappa shape index (κ3) is 3.16. The molecule has 0 aliphatic carbocycles. The fraction of sp³-hybridized carbons (Fsp3) is 0.571. The standard InChI is InChI=1S/C14H22ClN3/c1-3-12-10-18(7-6-17(12)2)9-11-4-5-13(15)14(16)8-11/h4-5,8,12H,3,6-7,9-10,16H2,1-2H3. The first-order valence-corrected chi connectivity index (χ1v) is 6.94. The summed E-state index contributed by atoms with van der Waals surface area (Å²) in [5, 5.41) is 0.642. The zero-order valence-corrected chi connectivity index (χ0v) is 12.0. The van der Waals surface area contributed by atoms with E-state index in [-0.39, 0.29) is 0 Å². The highest BCUT2D eigenvalue weighted by molar-refractivity contribution is 6.33. The van der Waals surface area contributed by atoms with Crippen LogP contribution in [0.3, 0.4) is 0 Å². The molecule has 2 rings (SSSR count). The molecule has 1 aliphatic heterocycles. The van der Waals surface area contributed by atoms with Crippen molar-refractivity contribution in [1.29, 1.82) is 0 Å². The molecule has 0 radical (unpaired) electrons. The number of benzene rings is 1. The van der Waals surface area contributed by atoms with E-state index in [1.54, 1.807) is 0 Å². The summed E-state index contributed by atoms with van der Waals surface area (Å²) in [6, 6.07) is 6.61. The minimum Gasteiger partial charge on any atom is -0.398 e. The Balaban J connectivity index is 1.99. The Morgan fingerprint density at radius 2 is 2.17 bits per heavy atom. The number of piperazine rings is 1. The predicted molar refractivity (Wildman–Crippen MR) is 77.9 cm³/mol. The van der Waals surface area contributed by atoms with Gasteiger partial charge in [0.1, 0.15) is 0 Å². The molecule has 0 bridgehead atoms. The first-order valence-electron chi connectivity index (χ1n) is 6.56. The maximum Gasteiger partial charge on any atom is 0.0635 e. The Kier molecular flexibility index (Phi) is 4.49. The first kappa shape index (κ1) is 13.7. The SMILES string of the molecule is CCC1CN(Cc2ccc(Cl)c(N)c2)CCN1C. The molecule has 2 N–H and O–H groups in total. The predicted octanol–water partition coefficient (Wildman–Crippen LogP) is 2.45. The van der Waals surface area contributed by atoms with Crippen molar-refractivity contribution in [2.45, 2.75) is 25.9 Å². The van der Waals surface area contributed by atoms with Crippen LogP contribution < -0.4 is 5.73 Å². The zero-order chi connectivity index (χ0) is 13.1. The van der Waals surface area contributed by atoms with E-state index in [1.807, 2.05) is 12.1 Å². The van der Waals surface area contributed by atoms with Crippen molar-refractivity contribution in [3.63, 3.8) is 0 Å². The summed E-state index contributed by atoms with van der Waals surface area (Å²) in [6.45, 7) is 6.61. The molecule has 18 heavy (non-hydrogen) atoms. The number of rotatable bonds is 3. The minimum absolute atomic E-state index is 0.642. The molecule has 1 unspecified atom stereocenters. The average Bonchev–Trinajstić information content (AvgIpc) is 2.36. The summed E-state index contributed by atoms with van der Waals surface area (Å²) in [6.07, 6.45) is 1.20. The zero-order valence-electron chi connectivity index (χ0n) is 11.2. The number of nitrogens with zero attached hydrogens (tertiary/aromatic N) is 2. The Morgan fingerprint density at radius 1 is 1.39 bits per heavy atom. The van der Waals surface area contributed by atoms with E-state index >= 15 is 0 Å². The van der Waals surface area contributed by atoms with Gasteiger partial charge in [-0.25, -0.2) is 0 Å². The fourth-order valence-electron chi connectivity index (χ4n) is 2.54. The van der Waals surface area contributed by atoms with Gasteiger partial charge >= 0.3 is 0 Å². The molecular weight excluding hydrogens is 246 g/mol. The van der Waals surface area contributed by atoms with Crippen LogP contribution in [-0.2, 0) is 6.54 Å². The number of hydrogen-bond acceptors (Lipinski definition) is 3. The van der Waals surface area contributed by atoms with Crippen molar-refractivity contribution in [1.82, 2.24) is 9.80 Å². The van der Waals surface area contributed by atoms with Crippen LogP contribution in [0.5, 0.6) is 0 Å². The molecule has 100 valence electrons. The molecular formula is C14H22ClN3. The molecule has 0 saturated carbocycles. The van der Waals surface area contributed by atoms with Crippen molar-refractivity contribution < 1.29 is 0 Å². The maximum atomic E-state index is 5.94. The van der Waals surface area contributed by atoms with Gasteiger partial charge in [-0.3, -0.25) is 4.90 Å². The summed E-state index contributed by atoms with van der Waals surface area (Å²) in [5.74, 6) is 0. The van der Waals surface area contributed by atoms with Crippen molar-refractivity contribution in [3.05, 3.63) is 28.8 Å². The number of hydrogen-bond donors (Lipinski definition) is 1. The lowest BCUT2D eigenvalue weighted by molar-refractivity contribution is 0.0884. The summed E-state index contributed by atoms with van der Waals surface area (Å²) in [5.41, 5.74) is 7.77. The molecule has 0 aromatic heterocycles. The monoisotopic (exact) mass is 267 g/mol. The third-order valence-corrected chi connectivity index (χ3v) is 4.14. The van der Waals surface area contributed by atoms with E-state index in [0.29, 0.717) is 16.8 Å². The van der Waals surface area contributed by atoms with Crippen molar-refractivity contribution in [2.24, 2.45) is 0 Å². The van der Waals surface area contributed by atoms with Crippen LogP contribution in [0.25, 0.3) is 0 Å². The van der Waals surface area contributed by atoms with Crippen molar-refractivity contribution in [3.8, 4) is 0 Å². The van der Waals surface area contributed by atoms with Crippen LogP contribution in [0.15, 0.2) is 18.2 Å². The number of likely N-dealkylation sites (N-methyl/N-ethyl adjacent to an activating group) is 1. The van der Waals surface area contributed by atoms with Crippen LogP contribution >= 0.6 is 11.6 Å². The largest absolute Gasteiger partial charge is 0.398 e. The van der Waals surface area contributed by atoms with Crippen molar-refractivity contribution >= 4 is 17.3 Å². The molecule has 3 nitrogen and oxygen atoms in total. The summed E-state index contributed by atoms with van der Waals surface area (Å²) in [4.78, 5) is 4.95. The summed E-state index contributed by atoms with van der Waals surface area (Å²) in [7, 11) is 2.21. The van der Waals surface area contributed by atoms with E-state index in [0.717, 1.165) is 26.2 Å². The van der Waals surface area contributed by atoms with Gasteiger partial charge in [-0.1, -0.05) is 24.6 Å². The number of nitrogen functional groups attached to an aromatic ring is 1. The maximum absolute atomic E-state index is 5.94. The third-order valence-electron chi connectivity index (χ3n) is 3.80. The van der Waals surface area contributed by atoms with E-state index < -0.39 is 0 Å². The quantitative estimate of drug-likeness (QED) is 0.854. The van der Waals surface area contributed by atoms with Gasteiger partial charge in [0.15, 0.2) is 0 Å². The molecule has 1 fully saturated rings. The smallest absolute Gasteiger partial charge is 0.0635 e. The molecule has 1 saturated heterocycles. The Bertz CT molecular complexity index is 408. The Hall–Kier alpha value is -0.770. The summed E-state index contributed by atoms with van der Waals surface area (Å²) < 4.78 is 0. The van der Waals surface area contributed by atoms with Crippen LogP contribution in [-0.4, -0.2) is 42.5 Å². The second kappa shape index (κ2) is 5.91. The Labute approximate surface area is 115 Å². The van der Waals surface area contributed by atoms with Gasteiger partial charge in [0.2, 0.25) is 0 Å². The number of anilines is 1. The lowest BCUT2D eigenvalue weighted by Crippen LogP contribution is -2.50. The number of nitrogens with two attached hydrogens (primary N) is 1. The number of halogens is 1. The molecule has 1 heterocycles. The lowest BCUT2D eigenvalue weighted by Gasteiger charge is -2.39. The van der Waals surface area contributed by atoms with Gasteiger partial charge in [-0.05, 0) is 31.2 Å². The second-order valence-electron chi connectivity index (χ2n) is 5.13. The van der Waals surface area contributed by atoms with E-state index in [9.17, 15) is 0 Å². The molecule has 1 aromatic rings. The van der Waals surface area contributed by atoms with Gasteiger partial charge in [0.25, 0.3) is 0 Å². The van der Waals surface area contributed by atoms with Gasteiger partial charge < -0.3 is 10.6 Å².